The lowest BCUT2D eigenvalue weighted by Gasteiger charge is -2.07. The van der Waals surface area contributed by atoms with Gasteiger partial charge in [0.25, 0.3) is 0 Å². The van der Waals surface area contributed by atoms with Crippen molar-refractivity contribution in [1.82, 2.24) is 10.2 Å². The molecule has 0 spiro atoms. The second-order valence-corrected chi connectivity index (χ2v) is 9.09. The predicted molar refractivity (Wildman–Crippen MR) is 125 cm³/mol. The van der Waals surface area contributed by atoms with Gasteiger partial charge in [0.15, 0.2) is 10.1 Å². The van der Waals surface area contributed by atoms with Crippen molar-refractivity contribution in [3.05, 3.63) is 65.7 Å². The highest BCUT2D eigenvalue weighted by molar-refractivity contribution is 8.01. The molecule has 0 aliphatic heterocycles. The third-order valence-corrected chi connectivity index (χ3v) is 6.38. The number of aromatic nitrogens is 2. The van der Waals surface area contributed by atoms with Crippen LogP contribution >= 0.6 is 23.1 Å². The van der Waals surface area contributed by atoms with Crippen LogP contribution in [-0.2, 0) is 11.4 Å². The molecule has 2 aromatic carbocycles. The summed E-state index contributed by atoms with van der Waals surface area (Å²) in [5, 5.41) is 11.3. The van der Waals surface area contributed by atoms with Crippen LogP contribution in [0.3, 0.4) is 0 Å². The number of nitrogens with one attached hydrogen (secondary N) is 1. The Bertz CT molecular complexity index is 975. The Labute approximate surface area is 190 Å². The number of anilines is 1. The van der Waals surface area contributed by atoms with E-state index in [0.29, 0.717) is 28.1 Å². The molecule has 0 aliphatic rings. The van der Waals surface area contributed by atoms with Crippen LogP contribution in [-0.4, -0.2) is 27.6 Å². The van der Waals surface area contributed by atoms with Gasteiger partial charge in [0.2, 0.25) is 11.0 Å². The van der Waals surface area contributed by atoms with Gasteiger partial charge in [-0.05, 0) is 36.2 Å². The van der Waals surface area contributed by atoms with Crippen molar-refractivity contribution in [2.24, 2.45) is 0 Å². The molecule has 1 aromatic heterocycles. The number of unbranched alkanes of at least 4 members (excludes halogenated alkanes) is 2. The van der Waals surface area contributed by atoms with Crippen LogP contribution in [0.5, 0.6) is 5.75 Å². The number of ketones is 1. The van der Waals surface area contributed by atoms with E-state index in [2.05, 4.69) is 22.4 Å². The zero-order valence-corrected chi connectivity index (χ0v) is 19.0. The number of Topliss-reactive ketones (excluding diaryl/α,β-unsaturated/α-hetero) is 1. The molecule has 0 aliphatic carbocycles. The summed E-state index contributed by atoms with van der Waals surface area (Å²) in [5.41, 5.74) is 1.71. The molecule has 0 radical (unpaired) electrons. The molecule has 162 valence electrons. The maximum absolute atomic E-state index is 12.5. The zero-order chi connectivity index (χ0) is 21.9. The highest BCUT2D eigenvalue weighted by Gasteiger charge is 2.12. The molecule has 0 atom stereocenters. The summed E-state index contributed by atoms with van der Waals surface area (Å²) in [6, 6.07) is 17.1. The molecule has 1 amide bonds. The van der Waals surface area contributed by atoms with Crippen molar-refractivity contribution in [2.75, 3.05) is 11.1 Å². The summed E-state index contributed by atoms with van der Waals surface area (Å²) < 4.78 is 6.41. The molecule has 3 rings (SSSR count). The van der Waals surface area contributed by atoms with E-state index in [-0.39, 0.29) is 17.4 Å². The van der Waals surface area contributed by atoms with Crippen molar-refractivity contribution in [1.29, 1.82) is 0 Å². The van der Waals surface area contributed by atoms with Crippen molar-refractivity contribution in [3.63, 3.8) is 0 Å². The van der Waals surface area contributed by atoms with E-state index in [9.17, 15) is 9.59 Å². The van der Waals surface area contributed by atoms with E-state index >= 15 is 0 Å². The van der Waals surface area contributed by atoms with Gasteiger partial charge in [0.05, 0.1) is 5.75 Å². The van der Waals surface area contributed by atoms with Crippen LogP contribution in [0.2, 0.25) is 0 Å². The predicted octanol–water partition coefficient (Wildman–Crippen LogP) is 5.61. The van der Waals surface area contributed by atoms with E-state index in [1.54, 1.807) is 24.3 Å². The Hall–Kier alpha value is -2.71. The maximum atomic E-state index is 12.5. The molecule has 0 bridgehead atoms. The molecule has 1 N–H and O–H groups in total. The van der Waals surface area contributed by atoms with Gasteiger partial charge in [0, 0.05) is 12.0 Å². The summed E-state index contributed by atoms with van der Waals surface area (Å²) in [5.74, 6) is 0.923. The fourth-order valence-electron chi connectivity index (χ4n) is 2.72. The molecule has 0 saturated carbocycles. The number of carbonyl (C=O) groups is 2. The summed E-state index contributed by atoms with van der Waals surface area (Å²) in [6.07, 6.45) is 3.46. The number of benzene rings is 2. The summed E-state index contributed by atoms with van der Waals surface area (Å²) in [7, 11) is 0. The van der Waals surface area contributed by atoms with Crippen molar-refractivity contribution >= 4 is 39.9 Å². The Morgan fingerprint density at radius 2 is 1.81 bits per heavy atom. The topological polar surface area (TPSA) is 81.2 Å². The van der Waals surface area contributed by atoms with Gasteiger partial charge in [-0.1, -0.05) is 73.2 Å². The standard InChI is InChI=1S/C23H25N3O3S2/c1-2-3-5-10-21(28)24-22-25-26-23(31-22)30-16-20(27)18-11-13-19(14-12-18)29-15-17-8-6-4-7-9-17/h4,6-9,11-14H,2-3,5,10,15-16H2,1H3,(H,24,25,28). The summed E-state index contributed by atoms with van der Waals surface area (Å²) in [4.78, 5) is 24.3. The molecule has 0 unspecified atom stereocenters. The quantitative estimate of drug-likeness (QED) is 0.165. The van der Waals surface area contributed by atoms with Crippen LogP contribution in [0.25, 0.3) is 0 Å². The minimum atomic E-state index is -0.0493. The van der Waals surface area contributed by atoms with Crippen LogP contribution < -0.4 is 10.1 Å². The molecule has 0 saturated heterocycles. The molecule has 31 heavy (non-hydrogen) atoms. The first kappa shape index (κ1) is 23.0. The monoisotopic (exact) mass is 455 g/mol. The number of nitrogens with zero attached hydrogens (tertiary/aromatic N) is 2. The van der Waals surface area contributed by atoms with E-state index < -0.39 is 0 Å². The third-order valence-electron chi connectivity index (χ3n) is 4.41. The number of ether oxygens (including phenoxy) is 1. The second kappa shape index (κ2) is 12.2. The lowest BCUT2D eigenvalue weighted by molar-refractivity contribution is -0.116. The van der Waals surface area contributed by atoms with Gasteiger partial charge in [-0.15, -0.1) is 10.2 Å². The Kier molecular flexibility index (Phi) is 9.05. The van der Waals surface area contributed by atoms with Crippen LogP contribution in [0.15, 0.2) is 58.9 Å². The lowest BCUT2D eigenvalue weighted by Crippen LogP contribution is -2.10. The number of amides is 1. The number of carbonyl (C=O) groups excluding carboxylic acids is 2. The van der Waals surface area contributed by atoms with Crippen molar-refractivity contribution < 1.29 is 14.3 Å². The number of thioether (sulfide) groups is 1. The molecular weight excluding hydrogens is 430 g/mol. The average molecular weight is 456 g/mol. The SMILES string of the molecule is CCCCCC(=O)Nc1nnc(SCC(=O)c2ccc(OCc3ccccc3)cc2)s1. The van der Waals surface area contributed by atoms with E-state index in [1.165, 1.54) is 23.1 Å². The summed E-state index contributed by atoms with van der Waals surface area (Å²) >= 11 is 2.60. The van der Waals surface area contributed by atoms with Gasteiger partial charge >= 0.3 is 0 Å². The number of hydrogen-bond acceptors (Lipinski definition) is 7. The zero-order valence-electron chi connectivity index (χ0n) is 17.4. The van der Waals surface area contributed by atoms with Gasteiger partial charge in [-0.2, -0.15) is 0 Å². The molecular formula is C23H25N3O3S2. The molecule has 0 fully saturated rings. The Morgan fingerprint density at radius 1 is 1.03 bits per heavy atom. The van der Waals surface area contributed by atoms with Gasteiger partial charge < -0.3 is 10.1 Å². The highest BCUT2D eigenvalue weighted by Crippen LogP contribution is 2.26. The van der Waals surface area contributed by atoms with Crippen LogP contribution in [0.4, 0.5) is 5.13 Å². The number of hydrogen-bond donors (Lipinski definition) is 1. The maximum Gasteiger partial charge on any atom is 0.226 e. The first-order valence-electron chi connectivity index (χ1n) is 10.2. The van der Waals surface area contributed by atoms with Gasteiger partial charge in [-0.3, -0.25) is 9.59 Å². The highest BCUT2D eigenvalue weighted by atomic mass is 32.2. The minimum absolute atomic E-state index is 0.0000365. The second-order valence-electron chi connectivity index (χ2n) is 6.89. The van der Waals surface area contributed by atoms with Crippen molar-refractivity contribution in [3.8, 4) is 5.75 Å². The summed E-state index contributed by atoms with van der Waals surface area (Å²) in [6.45, 7) is 2.58. The van der Waals surface area contributed by atoms with Crippen LogP contribution in [0.1, 0.15) is 48.5 Å². The van der Waals surface area contributed by atoms with E-state index in [1.807, 2.05) is 30.3 Å². The minimum Gasteiger partial charge on any atom is -0.489 e. The average Bonchev–Trinajstić information content (AvgIpc) is 3.24. The smallest absolute Gasteiger partial charge is 0.226 e. The molecule has 8 heteroatoms. The Morgan fingerprint density at radius 3 is 2.55 bits per heavy atom. The first-order valence-corrected chi connectivity index (χ1v) is 12.0. The van der Waals surface area contributed by atoms with E-state index in [4.69, 9.17) is 4.74 Å². The third kappa shape index (κ3) is 7.80. The molecule has 3 aromatic rings. The number of rotatable bonds is 12. The fourth-order valence-corrected chi connectivity index (χ4v) is 4.39. The molecule has 1 heterocycles. The van der Waals surface area contributed by atoms with Gasteiger partial charge in [-0.25, -0.2) is 0 Å². The first-order chi connectivity index (χ1) is 15.1. The fraction of sp³-hybridized carbons (Fsp3) is 0.304. The van der Waals surface area contributed by atoms with Crippen LogP contribution in [0, 0.1) is 0 Å². The van der Waals surface area contributed by atoms with Crippen molar-refractivity contribution in [2.45, 2.75) is 43.6 Å². The van der Waals surface area contributed by atoms with E-state index in [0.717, 1.165) is 30.6 Å². The molecule has 6 nitrogen and oxygen atoms in total. The normalized spacial score (nSPS) is 10.6. The lowest BCUT2D eigenvalue weighted by atomic mass is 10.1. The van der Waals surface area contributed by atoms with Gasteiger partial charge in [0.1, 0.15) is 12.4 Å². The largest absolute Gasteiger partial charge is 0.489 e. The Balaban J connectivity index is 1.43.